The number of rotatable bonds is 6. The Kier molecular flexibility index (Phi) is 7.23. The van der Waals surface area contributed by atoms with Crippen molar-refractivity contribution in [2.75, 3.05) is 39.8 Å². The van der Waals surface area contributed by atoms with Crippen LogP contribution in [0.2, 0.25) is 0 Å². The van der Waals surface area contributed by atoms with Crippen LogP contribution in [0.15, 0.2) is 35.3 Å². The topological polar surface area (TPSA) is 39.7 Å². The molecule has 1 unspecified atom stereocenters. The van der Waals surface area contributed by atoms with E-state index >= 15 is 0 Å². The maximum atomic E-state index is 4.32. The second-order valence-corrected chi connectivity index (χ2v) is 6.02. The van der Waals surface area contributed by atoms with Gasteiger partial charge in [-0.15, -0.1) is 0 Å². The number of piperidine rings is 1. The van der Waals surface area contributed by atoms with Crippen LogP contribution in [0, 0.1) is 5.92 Å². The third-order valence-corrected chi connectivity index (χ3v) is 4.38. The molecule has 4 heteroatoms. The van der Waals surface area contributed by atoms with E-state index < -0.39 is 0 Å². The average molecular weight is 302 g/mol. The van der Waals surface area contributed by atoms with E-state index in [9.17, 15) is 0 Å². The maximum Gasteiger partial charge on any atom is 0.190 e. The first-order valence-corrected chi connectivity index (χ1v) is 8.52. The van der Waals surface area contributed by atoms with Gasteiger partial charge < -0.3 is 15.5 Å². The van der Waals surface area contributed by atoms with Crippen molar-refractivity contribution < 1.29 is 0 Å². The van der Waals surface area contributed by atoms with Crippen molar-refractivity contribution in [1.29, 1.82) is 0 Å². The Balaban J connectivity index is 1.67. The molecular formula is C18H30N4. The summed E-state index contributed by atoms with van der Waals surface area (Å²) in [5, 5.41) is 6.89. The molecule has 1 saturated heterocycles. The first-order chi connectivity index (χ1) is 10.8. The maximum absolute atomic E-state index is 4.32. The van der Waals surface area contributed by atoms with Crippen LogP contribution in [0.1, 0.15) is 25.3 Å². The van der Waals surface area contributed by atoms with Gasteiger partial charge in [0.05, 0.1) is 0 Å². The molecule has 0 aromatic heterocycles. The lowest BCUT2D eigenvalue weighted by Crippen LogP contribution is -2.44. The van der Waals surface area contributed by atoms with Gasteiger partial charge in [-0.05, 0) is 43.8 Å². The van der Waals surface area contributed by atoms with Crippen molar-refractivity contribution in [2.24, 2.45) is 10.9 Å². The van der Waals surface area contributed by atoms with Crippen molar-refractivity contribution >= 4 is 5.96 Å². The molecule has 1 atom stereocenters. The summed E-state index contributed by atoms with van der Waals surface area (Å²) >= 11 is 0. The number of benzene rings is 1. The molecule has 0 amide bonds. The highest BCUT2D eigenvalue weighted by Gasteiger charge is 2.18. The van der Waals surface area contributed by atoms with Gasteiger partial charge in [0.15, 0.2) is 5.96 Å². The summed E-state index contributed by atoms with van der Waals surface area (Å²) in [7, 11) is 1.84. The van der Waals surface area contributed by atoms with Gasteiger partial charge in [-0.3, -0.25) is 4.99 Å². The molecule has 4 nitrogen and oxygen atoms in total. The minimum Gasteiger partial charge on any atom is -0.356 e. The Labute approximate surface area is 135 Å². The van der Waals surface area contributed by atoms with Crippen molar-refractivity contribution in [3.8, 4) is 0 Å². The second-order valence-electron chi connectivity index (χ2n) is 6.02. The van der Waals surface area contributed by atoms with E-state index in [-0.39, 0.29) is 0 Å². The van der Waals surface area contributed by atoms with Crippen LogP contribution in [-0.2, 0) is 6.42 Å². The zero-order valence-electron chi connectivity index (χ0n) is 14.0. The Hall–Kier alpha value is -1.55. The lowest BCUT2D eigenvalue weighted by atomic mass is 9.98. The molecule has 1 aromatic rings. The van der Waals surface area contributed by atoms with Gasteiger partial charge in [-0.25, -0.2) is 0 Å². The van der Waals surface area contributed by atoms with Crippen molar-refractivity contribution in [2.45, 2.75) is 26.2 Å². The van der Waals surface area contributed by atoms with E-state index in [1.807, 2.05) is 7.05 Å². The van der Waals surface area contributed by atoms with Crippen LogP contribution in [0.5, 0.6) is 0 Å². The molecule has 1 fully saturated rings. The Morgan fingerprint density at radius 2 is 2.09 bits per heavy atom. The number of nitrogens with one attached hydrogen (secondary N) is 2. The molecule has 0 aliphatic carbocycles. The smallest absolute Gasteiger partial charge is 0.190 e. The molecule has 0 bridgehead atoms. The molecule has 2 rings (SSSR count). The van der Waals surface area contributed by atoms with Gasteiger partial charge in [0.25, 0.3) is 0 Å². The molecule has 22 heavy (non-hydrogen) atoms. The number of nitrogens with zero attached hydrogens (tertiary/aromatic N) is 2. The first-order valence-electron chi connectivity index (χ1n) is 8.52. The fourth-order valence-electron chi connectivity index (χ4n) is 3.04. The summed E-state index contributed by atoms with van der Waals surface area (Å²) in [4.78, 5) is 6.87. The van der Waals surface area contributed by atoms with Crippen LogP contribution in [0.4, 0.5) is 0 Å². The quantitative estimate of drug-likeness (QED) is 0.625. The predicted octanol–water partition coefficient (Wildman–Crippen LogP) is 2.13. The Morgan fingerprint density at radius 3 is 2.82 bits per heavy atom. The zero-order valence-corrected chi connectivity index (χ0v) is 14.0. The van der Waals surface area contributed by atoms with Crippen molar-refractivity contribution in [3.63, 3.8) is 0 Å². The van der Waals surface area contributed by atoms with Gasteiger partial charge in [0.2, 0.25) is 0 Å². The standard InChI is InChI=1S/C18H30N4/c1-3-22-13-7-10-17(15-22)14-21-18(19-2)20-12-11-16-8-5-4-6-9-16/h4-6,8-9,17H,3,7,10-15H2,1-2H3,(H2,19,20,21). The van der Waals surface area contributed by atoms with Gasteiger partial charge in [-0.2, -0.15) is 0 Å². The number of aliphatic imine (C=N–C) groups is 1. The third kappa shape index (κ3) is 5.68. The molecule has 1 aromatic carbocycles. The fraction of sp³-hybridized carbons (Fsp3) is 0.611. The molecule has 1 heterocycles. The number of likely N-dealkylation sites (tertiary alicyclic amines) is 1. The fourth-order valence-corrected chi connectivity index (χ4v) is 3.04. The van der Waals surface area contributed by atoms with E-state index in [1.165, 1.54) is 38.0 Å². The summed E-state index contributed by atoms with van der Waals surface area (Å²) in [6, 6.07) is 10.6. The van der Waals surface area contributed by atoms with Crippen LogP contribution < -0.4 is 10.6 Å². The lowest BCUT2D eigenvalue weighted by molar-refractivity contribution is 0.183. The highest BCUT2D eigenvalue weighted by Crippen LogP contribution is 2.14. The molecule has 0 radical (unpaired) electrons. The Bertz CT molecular complexity index is 444. The summed E-state index contributed by atoms with van der Waals surface area (Å²) in [6.45, 7) is 7.82. The molecule has 1 aliphatic heterocycles. The highest BCUT2D eigenvalue weighted by atomic mass is 15.2. The van der Waals surface area contributed by atoms with Gasteiger partial charge in [0, 0.05) is 26.7 Å². The zero-order chi connectivity index (χ0) is 15.6. The third-order valence-electron chi connectivity index (χ3n) is 4.38. The average Bonchev–Trinajstić information content (AvgIpc) is 2.59. The predicted molar refractivity (Wildman–Crippen MR) is 94.3 cm³/mol. The molecule has 2 N–H and O–H groups in total. The summed E-state index contributed by atoms with van der Waals surface area (Å²) in [5.74, 6) is 1.66. The van der Waals surface area contributed by atoms with Gasteiger partial charge in [-0.1, -0.05) is 37.3 Å². The van der Waals surface area contributed by atoms with E-state index in [0.717, 1.165) is 31.4 Å². The highest BCUT2D eigenvalue weighted by molar-refractivity contribution is 5.79. The molecule has 0 spiro atoms. The van der Waals surface area contributed by atoms with Crippen LogP contribution in [-0.4, -0.2) is 50.6 Å². The molecular weight excluding hydrogens is 272 g/mol. The minimum atomic E-state index is 0.737. The number of hydrogen-bond donors (Lipinski definition) is 2. The van der Waals surface area contributed by atoms with Crippen molar-refractivity contribution in [3.05, 3.63) is 35.9 Å². The van der Waals surface area contributed by atoms with Crippen LogP contribution in [0.3, 0.4) is 0 Å². The number of guanidine groups is 1. The first kappa shape index (κ1) is 16.8. The number of hydrogen-bond acceptors (Lipinski definition) is 2. The largest absolute Gasteiger partial charge is 0.356 e. The summed E-state index contributed by atoms with van der Waals surface area (Å²) in [6.07, 6.45) is 3.67. The molecule has 1 aliphatic rings. The van der Waals surface area contributed by atoms with E-state index in [4.69, 9.17) is 0 Å². The lowest BCUT2D eigenvalue weighted by Gasteiger charge is -2.32. The normalized spacial score (nSPS) is 19.9. The summed E-state index contributed by atoms with van der Waals surface area (Å²) in [5.41, 5.74) is 1.36. The second kappa shape index (κ2) is 9.46. The van der Waals surface area contributed by atoms with E-state index in [2.05, 4.69) is 57.8 Å². The van der Waals surface area contributed by atoms with E-state index in [1.54, 1.807) is 0 Å². The van der Waals surface area contributed by atoms with Crippen molar-refractivity contribution in [1.82, 2.24) is 15.5 Å². The molecule has 0 saturated carbocycles. The molecule has 122 valence electrons. The van der Waals surface area contributed by atoms with Gasteiger partial charge >= 0.3 is 0 Å². The summed E-state index contributed by atoms with van der Waals surface area (Å²) < 4.78 is 0. The monoisotopic (exact) mass is 302 g/mol. The van der Waals surface area contributed by atoms with Crippen LogP contribution in [0.25, 0.3) is 0 Å². The SMILES string of the molecule is CCN1CCCC(CNC(=NC)NCCc2ccccc2)C1. The van der Waals surface area contributed by atoms with Crippen LogP contribution >= 0.6 is 0 Å². The van der Waals surface area contributed by atoms with Gasteiger partial charge in [0.1, 0.15) is 0 Å². The minimum absolute atomic E-state index is 0.737. The Morgan fingerprint density at radius 1 is 1.27 bits per heavy atom. The van der Waals surface area contributed by atoms with E-state index in [0.29, 0.717) is 0 Å².